The SMILES string of the molecule is Cc1cc(-c2ccc(N(C)CCO)nn2)ccc1F. The third-order valence-corrected chi connectivity index (χ3v) is 2.93. The molecule has 0 saturated carbocycles. The van der Waals surface area contributed by atoms with Crippen molar-refractivity contribution in [3.05, 3.63) is 41.7 Å². The molecule has 2 rings (SSSR count). The summed E-state index contributed by atoms with van der Waals surface area (Å²) in [6.45, 7) is 2.29. The van der Waals surface area contributed by atoms with Crippen LogP contribution in [-0.2, 0) is 0 Å². The highest BCUT2D eigenvalue weighted by Crippen LogP contribution is 2.20. The number of aliphatic hydroxyl groups is 1. The fourth-order valence-corrected chi connectivity index (χ4v) is 1.75. The Kier molecular flexibility index (Phi) is 4.06. The number of nitrogens with zero attached hydrogens (tertiary/aromatic N) is 3. The Hall–Kier alpha value is -2.01. The molecule has 100 valence electrons. The standard InChI is InChI=1S/C14H16FN3O/c1-10-9-11(3-4-12(10)15)13-5-6-14(17-16-13)18(2)7-8-19/h3-6,9,19H,7-8H2,1-2H3. The number of aliphatic hydroxyl groups excluding tert-OH is 1. The molecule has 0 aliphatic carbocycles. The van der Waals surface area contributed by atoms with Gasteiger partial charge in [-0.05, 0) is 42.8 Å². The van der Waals surface area contributed by atoms with Gasteiger partial charge in [0.1, 0.15) is 5.82 Å². The number of anilines is 1. The van der Waals surface area contributed by atoms with E-state index < -0.39 is 0 Å². The van der Waals surface area contributed by atoms with E-state index in [0.29, 0.717) is 23.6 Å². The first-order valence-corrected chi connectivity index (χ1v) is 6.04. The first-order chi connectivity index (χ1) is 9.11. The van der Waals surface area contributed by atoms with Crippen molar-refractivity contribution in [3.63, 3.8) is 0 Å². The van der Waals surface area contributed by atoms with E-state index in [9.17, 15) is 4.39 Å². The van der Waals surface area contributed by atoms with Crippen LogP contribution in [0.4, 0.5) is 10.2 Å². The third kappa shape index (κ3) is 3.06. The van der Waals surface area contributed by atoms with Crippen molar-refractivity contribution in [1.29, 1.82) is 0 Å². The molecule has 0 aliphatic heterocycles. The predicted molar refractivity (Wildman–Crippen MR) is 72.5 cm³/mol. The second kappa shape index (κ2) is 5.75. The van der Waals surface area contributed by atoms with E-state index >= 15 is 0 Å². The average molecular weight is 261 g/mol. The van der Waals surface area contributed by atoms with Crippen molar-refractivity contribution in [3.8, 4) is 11.3 Å². The maximum Gasteiger partial charge on any atom is 0.151 e. The molecule has 0 fully saturated rings. The molecule has 0 saturated heterocycles. The van der Waals surface area contributed by atoms with Crippen molar-refractivity contribution in [1.82, 2.24) is 10.2 Å². The largest absolute Gasteiger partial charge is 0.395 e. The molecular weight excluding hydrogens is 245 g/mol. The summed E-state index contributed by atoms with van der Waals surface area (Å²) in [5, 5.41) is 17.1. The van der Waals surface area contributed by atoms with E-state index in [2.05, 4.69) is 10.2 Å². The lowest BCUT2D eigenvalue weighted by atomic mass is 10.1. The molecule has 0 spiro atoms. The number of likely N-dealkylation sites (N-methyl/N-ethyl adjacent to an activating group) is 1. The van der Waals surface area contributed by atoms with E-state index in [1.165, 1.54) is 6.07 Å². The van der Waals surface area contributed by atoms with Gasteiger partial charge in [0.05, 0.1) is 12.3 Å². The Bertz CT molecular complexity index is 557. The van der Waals surface area contributed by atoms with Gasteiger partial charge in [-0.2, -0.15) is 0 Å². The Morgan fingerprint density at radius 2 is 2.00 bits per heavy atom. The molecule has 1 aromatic heterocycles. The topological polar surface area (TPSA) is 49.2 Å². The Morgan fingerprint density at radius 1 is 1.21 bits per heavy atom. The van der Waals surface area contributed by atoms with Crippen molar-refractivity contribution in [2.24, 2.45) is 0 Å². The molecule has 0 bridgehead atoms. The third-order valence-electron chi connectivity index (χ3n) is 2.93. The van der Waals surface area contributed by atoms with Gasteiger partial charge in [-0.3, -0.25) is 0 Å². The summed E-state index contributed by atoms with van der Waals surface area (Å²) in [5.41, 5.74) is 2.12. The van der Waals surface area contributed by atoms with Gasteiger partial charge in [-0.15, -0.1) is 10.2 Å². The summed E-state index contributed by atoms with van der Waals surface area (Å²) in [6, 6.07) is 8.53. The van der Waals surface area contributed by atoms with Gasteiger partial charge in [-0.1, -0.05) is 0 Å². The summed E-state index contributed by atoms with van der Waals surface area (Å²) < 4.78 is 13.2. The van der Waals surface area contributed by atoms with Gasteiger partial charge >= 0.3 is 0 Å². The zero-order valence-corrected chi connectivity index (χ0v) is 11.0. The van der Waals surface area contributed by atoms with Crippen LogP contribution in [0.25, 0.3) is 11.3 Å². The average Bonchev–Trinajstić information content (AvgIpc) is 2.42. The number of aryl methyl sites for hydroxylation is 1. The Labute approximate surface area is 111 Å². The van der Waals surface area contributed by atoms with Crippen LogP contribution in [0.5, 0.6) is 0 Å². The second-order valence-corrected chi connectivity index (χ2v) is 4.39. The summed E-state index contributed by atoms with van der Waals surface area (Å²) >= 11 is 0. The molecule has 1 N–H and O–H groups in total. The highest BCUT2D eigenvalue weighted by Gasteiger charge is 2.06. The smallest absolute Gasteiger partial charge is 0.151 e. The van der Waals surface area contributed by atoms with E-state index in [-0.39, 0.29) is 12.4 Å². The van der Waals surface area contributed by atoms with Gasteiger partial charge in [0.25, 0.3) is 0 Å². The minimum absolute atomic E-state index is 0.0666. The summed E-state index contributed by atoms with van der Waals surface area (Å²) in [6.07, 6.45) is 0. The quantitative estimate of drug-likeness (QED) is 0.914. The Balaban J connectivity index is 2.24. The molecular formula is C14H16FN3O. The molecule has 19 heavy (non-hydrogen) atoms. The normalized spacial score (nSPS) is 10.5. The summed E-state index contributed by atoms with van der Waals surface area (Å²) in [7, 11) is 1.84. The minimum atomic E-state index is -0.226. The van der Waals surface area contributed by atoms with E-state index in [1.54, 1.807) is 19.1 Å². The van der Waals surface area contributed by atoms with Crippen LogP contribution >= 0.6 is 0 Å². The molecule has 0 radical (unpaired) electrons. The van der Waals surface area contributed by atoms with Gasteiger partial charge < -0.3 is 10.0 Å². The number of hydrogen-bond donors (Lipinski definition) is 1. The van der Waals surface area contributed by atoms with Crippen LogP contribution in [0, 0.1) is 12.7 Å². The van der Waals surface area contributed by atoms with Gasteiger partial charge in [0.15, 0.2) is 5.82 Å². The maximum atomic E-state index is 13.2. The first-order valence-electron chi connectivity index (χ1n) is 6.04. The first kappa shape index (κ1) is 13.4. The summed E-state index contributed by atoms with van der Waals surface area (Å²) in [5.74, 6) is 0.465. The van der Waals surface area contributed by atoms with Crippen LogP contribution in [0.3, 0.4) is 0 Å². The van der Waals surface area contributed by atoms with Crippen molar-refractivity contribution in [2.45, 2.75) is 6.92 Å². The van der Waals surface area contributed by atoms with Gasteiger partial charge in [-0.25, -0.2) is 4.39 Å². The predicted octanol–water partition coefficient (Wildman–Crippen LogP) is 2.02. The highest BCUT2D eigenvalue weighted by atomic mass is 19.1. The lowest BCUT2D eigenvalue weighted by Crippen LogP contribution is -2.22. The van der Waals surface area contributed by atoms with E-state index in [4.69, 9.17) is 5.11 Å². The van der Waals surface area contributed by atoms with Crippen molar-refractivity contribution >= 4 is 5.82 Å². The molecule has 0 aliphatic rings. The fraction of sp³-hybridized carbons (Fsp3) is 0.286. The highest BCUT2D eigenvalue weighted by molar-refractivity contribution is 5.60. The lowest BCUT2D eigenvalue weighted by Gasteiger charge is -2.15. The molecule has 0 amide bonds. The van der Waals surface area contributed by atoms with Crippen molar-refractivity contribution < 1.29 is 9.50 Å². The fourth-order valence-electron chi connectivity index (χ4n) is 1.75. The second-order valence-electron chi connectivity index (χ2n) is 4.39. The zero-order valence-electron chi connectivity index (χ0n) is 11.0. The number of halogens is 1. The number of hydrogen-bond acceptors (Lipinski definition) is 4. The zero-order chi connectivity index (χ0) is 13.8. The monoisotopic (exact) mass is 261 g/mol. The number of benzene rings is 1. The Morgan fingerprint density at radius 3 is 2.58 bits per heavy atom. The minimum Gasteiger partial charge on any atom is -0.395 e. The van der Waals surface area contributed by atoms with Gasteiger partial charge in [0.2, 0.25) is 0 Å². The lowest BCUT2D eigenvalue weighted by molar-refractivity contribution is 0.303. The van der Waals surface area contributed by atoms with Crippen LogP contribution in [0.2, 0.25) is 0 Å². The molecule has 4 nitrogen and oxygen atoms in total. The maximum absolute atomic E-state index is 13.2. The molecule has 2 aromatic rings. The molecule has 0 unspecified atom stereocenters. The summed E-state index contributed by atoms with van der Waals surface area (Å²) in [4.78, 5) is 1.81. The van der Waals surface area contributed by atoms with E-state index in [0.717, 1.165) is 5.56 Å². The van der Waals surface area contributed by atoms with Crippen LogP contribution in [0.1, 0.15) is 5.56 Å². The van der Waals surface area contributed by atoms with Crippen LogP contribution in [0.15, 0.2) is 30.3 Å². The molecule has 1 heterocycles. The van der Waals surface area contributed by atoms with Crippen LogP contribution in [-0.4, -0.2) is 35.5 Å². The molecule has 1 aromatic carbocycles. The van der Waals surface area contributed by atoms with E-state index in [1.807, 2.05) is 24.1 Å². The van der Waals surface area contributed by atoms with Crippen LogP contribution < -0.4 is 4.90 Å². The number of rotatable bonds is 4. The van der Waals surface area contributed by atoms with Crippen molar-refractivity contribution in [2.75, 3.05) is 25.1 Å². The molecule has 5 heteroatoms. The molecule has 0 atom stereocenters. The van der Waals surface area contributed by atoms with Gasteiger partial charge in [0, 0.05) is 19.2 Å². The number of aromatic nitrogens is 2.